The van der Waals surface area contributed by atoms with E-state index in [1.165, 1.54) is 0 Å². The Labute approximate surface area is 102 Å². The Morgan fingerprint density at radius 3 is 3.19 bits per heavy atom. The van der Waals surface area contributed by atoms with Crippen LogP contribution in [0.5, 0.6) is 5.75 Å². The molecule has 1 aliphatic rings. The van der Waals surface area contributed by atoms with Crippen molar-refractivity contribution in [2.75, 3.05) is 24.7 Å². The SMILES string of the molecule is CCOC(=O)N1CCOc2c(Br)cccc21. The van der Waals surface area contributed by atoms with Crippen molar-refractivity contribution in [2.45, 2.75) is 6.92 Å². The molecule has 0 saturated carbocycles. The summed E-state index contributed by atoms with van der Waals surface area (Å²) >= 11 is 3.39. The van der Waals surface area contributed by atoms with Crippen LogP contribution < -0.4 is 9.64 Å². The zero-order valence-corrected chi connectivity index (χ0v) is 10.5. The summed E-state index contributed by atoms with van der Waals surface area (Å²) in [6.45, 7) is 3.16. The van der Waals surface area contributed by atoms with E-state index in [9.17, 15) is 4.79 Å². The predicted octanol–water partition coefficient (Wildman–Crippen LogP) is 2.80. The van der Waals surface area contributed by atoms with Gasteiger partial charge in [-0.25, -0.2) is 4.79 Å². The van der Waals surface area contributed by atoms with Gasteiger partial charge in [0, 0.05) is 0 Å². The van der Waals surface area contributed by atoms with Gasteiger partial charge in [-0.15, -0.1) is 0 Å². The highest BCUT2D eigenvalue weighted by Gasteiger charge is 2.25. The van der Waals surface area contributed by atoms with Gasteiger partial charge in [-0.1, -0.05) is 6.07 Å². The van der Waals surface area contributed by atoms with Gasteiger partial charge in [0.25, 0.3) is 0 Å². The molecule has 1 aromatic carbocycles. The van der Waals surface area contributed by atoms with Crippen LogP contribution in [0.25, 0.3) is 0 Å². The van der Waals surface area contributed by atoms with Crippen molar-refractivity contribution in [3.05, 3.63) is 22.7 Å². The Kier molecular flexibility index (Phi) is 3.33. The molecule has 5 heteroatoms. The average Bonchev–Trinajstić information content (AvgIpc) is 2.29. The molecule has 0 spiro atoms. The zero-order valence-electron chi connectivity index (χ0n) is 8.90. The number of rotatable bonds is 1. The minimum absolute atomic E-state index is 0.329. The third kappa shape index (κ3) is 2.00. The number of carbonyl (C=O) groups excluding carboxylic acids is 1. The number of para-hydroxylation sites is 1. The third-order valence-electron chi connectivity index (χ3n) is 2.29. The van der Waals surface area contributed by atoms with Crippen molar-refractivity contribution in [1.82, 2.24) is 0 Å². The van der Waals surface area contributed by atoms with E-state index >= 15 is 0 Å². The first-order chi connectivity index (χ1) is 7.74. The number of hydrogen-bond donors (Lipinski definition) is 0. The smallest absolute Gasteiger partial charge is 0.414 e. The van der Waals surface area contributed by atoms with Gasteiger partial charge in [-0.05, 0) is 35.0 Å². The van der Waals surface area contributed by atoms with Crippen LogP contribution in [-0.4, -0.2) is 25.9 Å². The van der Waals surface area contributed by atoms with E-state index < -0.39 is 0 Å². The molecule has 1 heterocycles. The number of fused-ring (bicyclic) bond motifs is 1. The van der Waals surface area contributed by atoms with Crippen LogP contribution in [0.1, 0.15) is 6.92 Å². The van der Waals surface area contributed by atoms with Crippen LogP contribution in [-0.2, 0) is 4.74 Å². The maximum atomic E-state index is 11.7. The summed E-state index contributed by atoms with van der Waals surface area (Å²) in [5, 5.41) is 0. The van der Waals surface area contributed by atoms with Crippen LogP contribution in [0.4, 0.5) is 10.5 Å². The van der Waals surface area contributed by atoms with Crippen LogP contribution in [0.3, 0.4) is 0 Å². The fourth-order valence-corrected chi connectivity index (χ4v) is 2.07. The average molecular weight is 286 g/mol. The first-order valence-electron chi connectivity index (χ1n) is 5.09. The Balaban J connectivity index is 2.33. The summed E-state index contributed by atoms with van der Waals surface area (Å²) in [5.74, 6) is 0.696. The molecule has 1 amide bonds. The molecule has 1 aliphatic heterocycles. The van der Waals surface area contributed by atoms with Crippen LogP contribution in [0, 0.1) is 0 Å². The molecule has 0 fully saturated rings. The maximum absolute atomic E-state index is 11.7. The zero-order chi connectivity index (χ0) is 11.5. The number of amides is 1. The molecular weight excluding hydrogens is 274 g/mol. The molecule has 16 heavy (non-hydrogen) atoms. The van der Waals surface area contributed by atoms with Crippen molar-refractivity contribution in [3.63, 3.8) is 0 Å². The van der Waals surface area contributed by atoms with Crippen molar-refractivity contribution < 1.29 is 14.3 Å². The molecule has 0 atom stereocenters. The first kappa shape index (κ1) is 11.3. The molecule has 0 saturated heterocycles. The quantitative estimate of drug-likeness (QED) is 0.796. The van der Waals surface area contributed by atoms with E-state index in [4.69, 9.17) is 9.47 Å². The summed E-state index contributed by atoms with van der Waals surface area (Å²) in [7, 11) is 0. The van der Waals surface area contributed by atoms with Gasteiger partial charge in [0.2, 0.25) is 0 Å². The molecule has 0 N–H and O–H groups in total. The molecular formula is C11H12BrNO3. The lowest BCUT2D eigenvalue weighted by Crippen LogP contribution is -2.38. The second kappa shape index (κ2) is 4.74. The molecule has 4 nitrogen and oxygen atoms in total. The predicted molar refractivity (Wildman–Crippen MR) is 64.0 cm³/mol. The summed E-state index contributed by atoms with van der Waals surface area (Å²) in [5.41, 5.74) is 0.749. The Hall–Kier alpha value is -1.23. The van der Waals surface area contributed by atoms with E-state index in [2.05, 4.69) is 15.9 Å². The summed E-state index contributed by atoms with van der Waals surface area (Å²) < 4.78 is 11.4. The molecule has 2 rings (SSSR count). The Bertz CT molecular complexity index is 408. The van der Waals surface area contributed by atoms with Gasteiger partial charge in [-0.3, -0.25) is 4.90 Å². The fourth-order valence-electron chi connectivity index (χ4n) is 1.60. The van der Waals surface area contributed by atoms with E-state index in [1.807, 2.05) is 18.2 Å². The van der Waals surface area contributed by atoms with Crippen molar-refractivity contribution in [3.8, 4) is 5.75 Å². The van der Waals surface area contributed by atoms with E-state index in [1.54, 1.807) is 11.8 Å². The molecule has 86 valence electrons. The largest absolute Gasteiger partial charge is 0.488 e. The van der Waals surface area contributed by atoms with E-state index in [0.717, 1.165) is 10.2 Å². The topological polar surface area (TPSA) is 38.8 Å². The standard InChI is InChI=1S/C11H12BrNO3/c1-2-15-11(14)13-6-7-16-10-8(12)4-3-5-9(10)13/h3-5H,2,6-7H2,1H3. The maximum Gasteiger partial charge on any atom is 0.414 e. The molecule has 0 radical (unpaired) electrons. The van der Waals surface area contributed by atoms with Gasteiger partial charge < -0.3 is 9.47 Å². The highest BCUT2D eigenvalue weighted by atomic mass is 79.9. The minimum Gasteiger partial charge on any atom is -0.488 e. The van der Waals surface area contributed by atoms with Gasteiger partial charge in [0.05, 0.1) is 23.3 Å². The number of anilines is 1. The van der Waals surface area contributed by atoms with E-state index in [-0.39, 0.29) is 6.09 Å². The summed E-state index contributed by atoms with van der Waals surface area (Å²) in [6.07, 6.45) is -0.329. The van der Waals surface area contributed by atoms with E-state index in [0.29, 0.717) is 25.5 Å². The number of hydrogen-bond acceptors (Lipinski definition) is 3. The lowest BCUT2D eigenvalue weighted by molar-refractivity contribution is 0.156. The van der Waals surface area contributed by atoms with Gasteiger partial charge >= 0.3 is 6.09 Å². The summed E-state index contributed by atoms with van der Waals surface area (Å²) in [4.78, 5) is 13.3. The second-order valence-corrected chi connectivity index (χ2v) is 4.14. The molecule has 0 bridgehead atoms. The number of nitrogens with zero attached hydrogens (tertiary/aromatic N) is 1. The molecule has 0 aliphatic carbocycles. The minimum atomic E-state index is -0.329. The Morgan fingerprint density at radius 2 is 2.44 bits per heavy atom. The third-order valence-corrected chi connectivity index (χ3v) is 2.91. The van der Waals surface area contributed by atoms with Crippen molar-refractivity contribution in [2.24, 2.45) is 0 Å². The highest BCUT2D eigenvalue weighted by molar-refractivity contribution is 9.10. The van der Waals surface area contributed by atoms with Crippen LogP contribution in [0.15, 0.2) is 22.7 Å². The van der Waals surface area contributed by atoms with Gasteiger partial charge in [0.15, 0.2) is 5.75 Å². The molecule has 0 unspecified atom stereocenters. The fraction of sp³-hybridized carbons (Fsp3) is 0.364. The normalized spacial score (nSPS) is 14.0. The second-order valence-electron chi connectivity index (χ2n) is 3.29. The van der Waals surface area contributed by atoms with Crippen molar-refractivity contribution in [1.29, 1.82) is 0 Å². The molecule has 0 aromatic heterocycles. The van der Waals surface area contributed by atoms with Crippen molar-refractivity contribution >= 4 is 27.7 Å². The summed E-state index contributed by atoms with van der Waals surface area (Å²) in [6, 6.07) is 5.59. The highest BCUT2D eigenvalue weighted by Crippen LogP contribution is 2.38. The number of ether oxygens (including phenoxy) is 2. The number of halogens is 1. The van der Waals surface area contributed by atoms with Gasteiger partial charge in [0.1, 0.15) is 6.61 Å². The van der Waals surface area contributed by atoms with Crippen LogP contribution >= 0.6 is 15.9 Å². The lowest BCUT2D eigenvalue weighted by atomic mass is 10.2. The monoisotopic (exact) mass is 285 g/mol. The number of carbonyl (C=O) groups is 1. The lowest BCUT2D eigenvalue weighted by Gasteiger charge is -2.29. The Morgan fingerprint density at radius 1 is 1.62 bits per heavy atom. The first-order valence-corrected chi connectivity index (χ1v) is 5.89. The number of benzene rings is 1. The van der Waals surface area contributed by atoms with Crippen LogP contribution in [0.2, 0.25) is 0 Å². The molecule has 1 aromatic rings. The van der Waals surface area contributed by atoms with Gasteiger partial charge in [-0.2, -0.15) is 0 Å².